The molecule has 126 valence electrons. The van der Waals surface area contributed by atoms with Crippen molar-refractivity contribution in [1.29, 1.82) is 0 Å². The fourth-order valence-electron chi connectivity index (χ4n) is 4.29. The highest BCUT2D eigenvalue weighted by Crippen LogP contribution is 2.48. The first kappa shape index (κ1) is 14.9. The Bertz CT molecular complexity index is 714. The van der Waals surface area contributed by atoms with Gasteiger partial charge >= 0.3 is 5.69 Å². The lowest BCUT2D eigenvalue weighted by molar-refractivity contribution is -0.140. The number of fused-ring (bicyclic) bond motifs is 1. The maximum Gasteiger partial charge on any atom is 0.328 e. The number of nitrogens with zero attached hydrogens (tertiary/aromatic N) is 3. The minimum atomic E-state index is -2.56. The second-order valence-corrected chi connectivity index (χ2v) is 7.12. The molecule has 1 atom stereocenters. The second-order valence-electron chi connectivity index (χ2n) is 7.12. The summed E-state index contributed by atoms with van der Waals surface area (Å²) in [7, 11) is 1.63. The molecule has 1 unspecified atom stereocenters. The van der Waals surface area contributed by atoms with E-state index in [9.17, 15) is 18.4 Å². The van der Waals surface area contributed by atoms with Crippen LogP contribution in [0.25, 0.3) is 0 Å². The molecule has 1 saturated carbocycles. The molecule has 0 aromatic carbocycles. The zero-order chi connectivity index (χ0) is 16.4. The highest BCUT2D eigenvalue weighted by atomic mass is 19.3. The molecule has 0 bridgehead atoms. The molecule has 3 aliphatic rings. The zero-order valence-electron chi connectivity index (χ0n) is 13.2. The molecule has 4 rings (SSSR count). The van der Waals surface area contributed by atoms with E-state index in [-0.39, 0.29) is 36.4 Å². The Hall–Kier alpha value is -1.66. The topological polar surface area (TPSA) is 47.2 Å². The quantitative estimate of drug-likeness (QED) is 0.832. The number of hydrogen-bond acceptors (Lipinski definition) is 2. The molecule has 1 saturated heterocycles. The van der Waals surface area contributed by atoms with Gasteiger partial charge < -0.3 is 4.90 Å². The summed E-state index contributed by atoms with van der Waals surface area (Å²) < 4.78 is 29.3. The van der Waals surface area contributed by atoms with E-state index in [0.29, 0.717) is 18.8 Å². The van der Waals surface area contributed by atoms with Gasteiger partial charge in [0.25, 0.3) is 5.91 Å². The average molecular weight is 325 g/mol. The lowest BCUT2D eigenvalue weighted by Gasteiger charge is -2.50. The van der Waals surface area contributed by atoms with Crippen molar-refractivity contribution in [1.82, 2.24) is 14.0 Å². The van der Waals surface area contributed by atoms with Crippen LogP contribution in [0.3, 0.4) is 0 Å². The summed E-state index contributed by atoms with van der Waals surface area (Å²) in [6.45, 7) is 1.26. The maximum absolute atomic E-state index is 13.1. The molecular weight excluding hydrogens is 304 g/mol. The first-order chi connectivity index (χ1) is 10.9. The molecule has 2 aliphatic heterocycles. The molecule has 1 aromatic rings. The van der Waals surface area contributed by atoms with Gasteiger partial charge in [0, 0.05) is 39.0 Å². The van der Waals surface area contributed by atoms with E-state index in [0.717, 1.165) is 31.4 Å². The van der Waals surface area contributed by atoms with Crippen LogP contribution in [0.15, 0.2) is 4.79 Å². The summed E-state index contributed by atoms with van der Waals surface area (Å²) in [5.74, 6) is -2.82. The van der Waals surface area contributed by atoms with Gasteiger partial charge in [-0.15, -0.1) is 0 Å². The highest BCUT2D eigenvalue weighted by Gasteiger charge is 2.53. The summed E-state index contributed by atoms with van der Waals surface area (Å²) >= 11 is 0. The van der Waals surface area contributed by atoms with Gasteiger partial charge in [-0.3, -0.25) is 13.9 Å². The van der Waals surface area contributed by atoms with Gasteiger partial charge in [0.2, 0.25) is 5.92 Å². The molecule has 0 radical (unpaired) electrons. The Morgan fingerprint density at radius 3 is 2.57 bits per heavy atom. The van der Waals surface area contributed by atoms with Crippen molar-refractivity contribution in [3.05, 3.63) is 21.9 Å². The molecule has 23 heavy (non-hydrogen) atoms. The number of halogens is 2. The van der Waals surface area contributed by atoms with Crippen molar-refractivity contribution in [2.45, 2.75) is 57.0 Å². The molecule has 1 aliphatic carbocycles. The Kier molecular flexibility index (Phi) is 3.19. The Morgan fingerprint density at radius 1 is 1.22 bits per heavy atom. The van der Waals surface area contributed by atoms with Crippen molar-refractivity contribution in [2.24, 2.45) is 13.0 Å². The summed E-state index contributed by atoms with van der Waals surface area (Å²) in [5.41, 5.74) is 1.14. The fraction of sp³-hybridized carbons (Fsp3) is 0.750. The number of rotatable bonds is 2. The van der Waals surface area contributed by atoms with E-state index in [2.05, 4.69) is 0 Å². The van der Waals surface area contributed by atoms with Gasteiger partial charge in [-0.05, 0) is 31.6 Å². The van der Waals surface area contributed by atoms with Crippen molar-refractivity contribution < 1.29 is 13.6 Å². The van der Waals surface area contributed by atoms with Gasteiger partial charge in [0.15, 0.2) is 0 Å². The number of carbonyl (C=O) groups is 1. The van der Waals surface area contributed by atoms with Crippen LogP contribution in [0.2, 0.25) is 0 Å². The van der Waals surface area contributed by atoms with E-state index in [1.807, 2.05) is 0 Å². The van der Waals surface area contributed by atoms with E-state index in [1.54, 1.807) is 16.5 Å². The van der Waals surface area contributed by atoms with Crippen LogP contribution >= 0.6 is 0 Å². The molecule has 1 amide bonds. The number of hydrogen-bond donors (Lipinski definition) is 0. The monoisotopic (exact) mass is 325 g/mol. The minimum Gasteiger partial charge on any atom is -0.334 e. The van der Waals surface area contributed by atoms with E-state index in [4.69, 9.17) is 0 Å². The Morgan fingerprint density at radius 2 is 1.96 bits per heavy atom. The molecular formula is C16H21F2N3O2. The van der Waals surface area contributed by atoms with E-state index < -0.39 is 5.92 Å². The minimum absolute atomic E-state index is 0.0867. The number of aromatic nitrogens is 2. The SMILES string of the molecule is Cn1c(C(=O)N2CCC2C2CC(F)(F)C2)c2n(c1=O)CCCC2. The lowest BCUT2D eigenvalue weighted by atomic mass is 9.72. The van der Waals surface area contributed by atoms with Gasteiger partial charge in [0.1, 0.15) is 5.69 Å². The maximum atomic E-state index is 13.1. The number of imidazole rings is 1. The van der Waals surface area contributed by atoms with Crippen molar-refractivity contribution >= 4 is 5.91 Å². The lowest BCUT2D eigenvalue weighted by Crippen LogP contribution is -2.59. The third-order valence-electron chi connectivity index (χ3n) is 5.69. The Labute approximate surface area is 132 Å². The number of likely N-dealkylation sites (tertiary alicyclic amines) is 1. The summed E-state index contributed by atoms with van der Waals surface area (Å²) in [4.78, 5) is 26.9. The third kappa shape index (κ3) is 2.16. The average Bonchev–Trinajstić information content (AvgIpc) is 2.68. The summed E-state index contributed by atoms with van der Waals surface area (Å²) in [6, 6.07) is -0.0867. The fourth-order valence-corrected chi connectivity index (χ4v) is 4.29. The molecule has 0 N–H and O–H groups in total. The number of alkyl halides is 2. The standard InChI is InChI=1S/C16H21F2N3O2/c1-19-13(12-4-2-3-6-21(12)15(19)23)14(22)20-7-5-11(20)10-8-16(17,18)9-10/h10-11H,2-9H2,1H3. The summed E-state index contributed by atoms with van der Waals surface area (Å²) in [6.07, 6.45) is 3.21. The highest BCUT2D eigenvalue weighted by molar-refractivity contribution is 5.94. The van der Waals surface area contributed by atoms with Crippen molar-refractivity contribution in [2.75, 3.05) is 6.54 Å². The van der Waals surface area contributed by atoms with Crippen LogP contribution in [-0.2, 0) is 20.0 Å². The van der Waals surface area contributed by atoms with Crippen LogP contribution in [-0.4, -0.2) is 38.5 Å². The van der Waals surface area contributed by atoms with Crippen LogP contribution in [0.5, 0.6) is 0 Å². The first-order valence-electron chi connectivity index (χ1n) is 8.36. The smallest absolute Gasteiger partial charge is 0.328 e. The van der Waals surface area contributed by atoms with E-state index >= 15 is 0 Å². The van der Waals surface area contributed by atoms with Crippen LogP contribution in [0, 0.1) is 5.92 Å². The van der Waals surface area contributed by atoms with Gasteiger partial charge in [-0.1, -0.05) is 0 Å². The first-order valence-corrected chi connectivity index (χ1v) is 8.36. The van der Waals surface area contributed by atoms with Crippen LogP contribution in [0.1, 0.15) is 48.3 Å². The van der Waals surface area contributed by atoms with Crippen molar-refractivity contribution in [3.63, 3.8) is 0 Å². The molecule has 7 heteroatoms. The molecule has 5 nitrogen and oxygen atoms in total. The Balaban J connectivity index is 1.59. The molecule has 2 fully saturated rings. The molecule has 3 heterocycles. The number of amides is 1. The van der Waals surface area contributed by atoms with Gasteiger partial charge in [0.05, 0.1) is 5.69 Å². The van der Waals surface area contributed by atoms with E-state index in [1.165, 1.54) is 4.57 Å². The van der Waals surface area contributed by atoms with Crippen LogP contribution < -0.4 is 5.69 Å². The normalized spacial score (nSPS) is 26.4. The number of carbonyl (C=O) groups excluding carboxylic acids is 1. The van der Waals surface area contributed by atoms with Crippen LogP contribution in [0.4, 0.5) is 8.78 Å². The predicted octanol–water partition coefficient (Wildman–Crippen LogP) is 1.78. The predicted molar refractivity (Wildman–Crippen MR) is 79.7 cm³/mol. The third-order valence-corrected chi connectivity index (χ3v) is 5.69. The molecule has 0 spiro atoms. The van der Waals surface area contributed by atoms with Gasteiger partial charge in [-0.25, -0.2) is 13.6 Å². The second kappa shape index (κ2) is 4.92. The molecule has 1 aromatic heterocycles. The zero-order valence-corrected chi connectivity index (χ0v) is 13.2. The van der Waals surface area contributed by atoms with Gasteiger partial charge in [-0.2, -0.15) is 0 Å². The van der Waals surface area contributed by atoms with Crippen molar-refractivity contribution in [3.8, 4) is 0 Å². The largest absolute Gasteiger partial charge is 0.334 e. The summed E-state index contributed by atoms with van der Waals surface area (Å²) in [5, 5.41) is 0.